The molecule has 0 unspecified atom stereocenters. The summed E-state index contributed by atoms with van der Waals surface area (Å²) in [5.74, 6) is -0.114. The van der Waals surface area contributed by atoms with Crippen LogP contribution in [0.3, 0.4) is 0 Å². The molecule has 1 saturated heterocycles. The fourth-order valence-corrected chi connectivity index (χ4v) is 5.26. The van der Waals surface area contributed by atoms with E-state index in [0.29, 0.717) is 37.2 Å². The summed E-state index contributed by atoms with van der Waals surface area (Å²) < 4.78 is 28.2. The average Bonchev–Trinajstić information content (AvgIpc) is 2.85. The van der Waals surface area contributed by atoms with Gasteiger partial charge in [-0.15, -0.1) is 0 Å². The number of anilines is 1. The van der Waals surface area contributed by atoms with Crippen molar-refractivity contribution in [3.05, 3.63) is 95.6 Å². The van der Waals surface area contributed by atoms with Crippen molar-refractivity contribution in [3.8, 4) is 0 Å². The maximum absolute atomic E-state index is 13.1. The van der Waals surface area contributed by atoms with Gasteiger partial charge in [0.2, 0.25) is 0 Å². The van der Waals surface area contributed by atoms with Gasteiger partial charge in [0.05, 0.1) is 11.0 Å². The molecule has 1 amide bonds. The molecule has 0 aromatic heterocycles. The number of hydrogen-bond acceptors (Lipinski definition) is 4. The number of sulfonamides is 1. The summed E-state index contributed by atoms with van der Waals surface area (Å²) in [7, 11) is -3.82. The molecule has 1 fully saturated rings. The molecule has 2 N–H and O–H groups in total. The highest BCUT2D eigenvalue weighted by Crippen LogP contribution is 2.31. The van der Waals surface area contributed by atoms with Crippen LogP contribution in [0.25, 0.3) is 0 Å². The molecule has 3 aromatic rings. The summed E-state index contributed by atoms with van der Waals surface area (Å²) in [4.78, 5) is 14.8. The maximum atomic E-state index is 13.1. The van der Waals surface area contributed by atoms with Crippen LogP contribution in [0.15, 0.2) is 83.8 Å². The number of rotatable bonds is 6. The molecule has 7 heteroatoms. The molecule has 0 spiro atoms. The van der Waals surface area contributed by atoms with Crippen LogP contribution in [0, 0.1) is 12.8 Å². The van der Waals surface area contributed by atoms with Crippen molar-refractivity contribution in [1.82, 2.24) is 4.90 Å². The van der Waals surface area contributed by atoms with Crippen molar-refractivity contribution in [2.45, 2.75) is 30.8 Å². The van der Waals surface area contributed by atoms with Gasteiger partial charge in [-0.25, -0.2) is 8.42 Å². The zero-order chi connectivity index (χ0) is 23.4. The Balaban J connectivity index is 1.42. The molecular formula is C26H28N2O4S. The van der Waals surface area contributed by atoms with Gasteiger partial charge in [0, 0.05) is 24.3 Å². The van der Waals surface area contributed by atoms with Gasteiger partial charge in [0.25, 0.3) is 15.9 Å². The van der Waals surface area contributed by atoms with Crippen molar-refractivity contribution in [3.63, 3.8) is 0 Å². The minimum Gasteiger partial charge on any atom is -0.388 e. The summed E-state index contributed by atoms with van der Waals surface area (Å²) in [5.41, 5.74) is 2.73. The van der Waals surface area contributed by atoms with Crippen LogP contribution in [-0.4, -0.2) is 37.4 Å². The third-order valence-corrected chi connectivity index (χ3v) is 7.49. The number of aliphatic hydroxyl groups is 1. The topological polar surface area (TPSA) is 86.7 Å². The molecular weight excluding hydrogens is 436 g/mol. The molecule has 1 aliphatic heterocycles. The lowest BCUT2D eigenvalue weighted by molar-refractivity contribution is 0.0462. The van der Waals surface area contributed by atoms with Crippen LogP contribution in [-0.2, 0) is 10.0 Å². The van der Waals surface area contributed by atoms with Crippen LogP contribution in [0.1, 0.15) is 40.4 Å². The number of hydrogen-bond donors (Lipinski definition) is 2. The lowest BCUT2D eigenvalue weighted by atomic mass is 9.87. The molecule has 6 nitrogen and oxygen atoms in total. The van der Waals surface area contributed by atoms with Crippen molar-refractivity contribution in [2.75, 3.05) is 17.8 Å². The van der Waals surface area contributed by atoms with Gasteiger partial charge < -0.3 is 10.0 Å². The van der Waals surface area contributed by atoms with E-state index in [1.807, 2.05) is 49.4 Å². The summed E-state index contributed by atoms with van der Waals surface area (Å²) in [5, 5.41) is 10.7. The van der Waals surface area contributed by atoms with Gasteiger partial charge in [0.15, 0.2) is 0 Å². The Bertz CT molecular complexity index is 1200. The Labute approximate surface area is 194 Å². The number of likely N-dealkylation sites (tertiary alicyclic amines) is 1. The largest absolute Gasteiger partial charge is 0.388 e. The molecule has 33 heavy (non-hydrogen) atoms. The highest BCUT2D eigenvalue weighted by atomic mass is 32.2. The molecule has 0 bridgehead atoms. The SMILES string of the molecule is Cc1ccc(NS(=O)(=O)c2cccc(C(=O)N3CCC([C@H](O)c4ccccc4)CC3)c2)cc1. The van der Waals surface area contributed by atoms with E-state index in [4.69, 9.17) is 0 Å². The molecule has 4 rings (SSSR count). The Morgan fingerprint density at radius 1 is 0.970 bits per heavy atom. The fourth-order valence-electron chi connectivity index (χ4n) is 4.16. The van der Waals surface area contributed by atoms with Crippen LogP contribution in [0.2, 0.25) is 0 Å². The summed E-state index contributed by atoms with van der Waals surface area (Å²) in [6.07, 6.45) is 0.827. The third kappa shape index (κ3) is 5.43. The molecule has 0 radical (unpaired) electrons. The number of aryl methyl sites for hydroxylation is 1. The van der Waals surface area contributed by atoms with E-state index >= 15 is 0 Å². The van der Waals surface area contributed by atoms with Gasteiger partial charge in [-0.1, -0.05) is 54.1 Å². The lowest BCUT2D eigenvalue weighted by Crippen LogP contribution is -2.39. The first-order valence-electron chi connectivity index (χ1n) is 11.1. The maximum Gasteiger partial charge on any atom is 0.261 e. The van der Waals surface area contributed by atoms with Crippen LogP contribution in [0.4, 0.5) is 5.69 Å². The van der Waals surface area contributed by atoms with E-state index in [0.717, 1.165) is 11.1 Å². The van der Waals surface area contributed by atoms with Crippen LogP contribution >= 0.6 is 0 Å². The lowest BCUT2D eigenvalue weighted by Gasteiger charge is -2.34. The first kappa shape index (κ1) is 23.0. The number of piperidine rings is 1. The number of nitrogens with zero attached hydrogens (tertiary/aromatic N) is 1. The fraction of sp³-hybridized carbons (Fsp3) is 0.269. The predicted molar refractivity (Wildman–Crippen MR) is 128 cm³/mol. The van der Waals surface area contributed by atoms with Crippen molar-refractivity contribution < 1.29 is 18.3 Å². The second-order valence-corrected chi connectivity index (χ2v) is 10.2. The number of aliphatic hydroxyl groups excluding tert-OH is 1. The number of amides is 1. The molecule has 0 saturated carbocycles. The zero-order valence-corrected chi connectivity index (χ0v) is 19.3. The summed E-state index contributed by atoms with van der Waals surface area (Å²) in [6, 6.07) is 22.8. The molecule has 1 atom stereocenters. The van der Waals surface area contributed by atoms with Gasteiger partial charge in [-0.3, -0.25) is 9.52 Å². The van der Waals surface area contributed by atoms with Crippen molar-refractivity contribution in [2.24, 2.45) is 5.92 Å². The van der Waals surface area contributed by atoms with E-state index in [2.05, 4.69) is 4.72 Å². The monoisotopic (exact) mass is 464 g/mol. The molecule has 0 aliphatic carbocycles. The van der Waals surface area contributed by atoms with Gasteiger partial charge in [0.1, 0.15) is 0 Å². The van der Waals surface area contributed by atoms with Crippen molar-refractivity contribution >= 4 is 21.6 Å². The average molecular weight is 465 g/mol. The standard InChI is InChI=1S/C26H28N2O4S/c1-19-10-12-23(13-11-19)27-33(31,32)24-9-5-8-22(18-24)26(30)28-16-14-21(15-17-28)25(29)20-6-3-2-4-7-20/h2-13,18,21,25,27,29H,14-17H2,1H3/t25-/m1/s1. The minimum atomic E-state index is -3.82. The van der Waals surface area contributed by atoms with Crippen LogP contribution < -0.4 is 4.72 Å². The zero-order valence-electron chi connectivity index (χ0n) is 18.5. The second kappa shape index (κ2) is 9.77. The number of carbonyl (C=O) groups excluding carboxylic acids is 1. The second-order valence-electron chi connectivity index (χ2n) is 8.48. The van der Waals surface area contributed by atoms with E-state index in [1.165, 1.54) is 12.1 Å². The highest BCUT2D eigenvalue weighted by Gasteiger charge is 2.29. The highest BCUT2D eigenvalue weighted by molar-refractivity contribution is 7.92. The molecule has 1 aliphatic rings. The van der Waals surface area contributed by atoms with Crippen molar-refractivity contribution in [1.29, 1.82) is 0 Å². The Morgan fingerprint density at radius 2 is 1.64 bits per heavy atom. The quantitative estimate of drug-likeness (QED) is 0.567. The van der Waals surface area contributed by atoms with Crippen LogP contribution in [0.5, 0.6) is 0 Å². The smallest absolute Gasteiger partial charge is 0.261 e. The molecule has 1 heterocycles. The first-order valence-corrected chi connectivity index (χ1v) is 12.5. The number of nitrogens with one attached hydrogen (secondary N) is 1. The summed E-state index contributed by atoms with van der Waals surface area (Å²) >= 11 is 0. The third-order valence-electron chi connectivity index (χ3n) is 6.11. The Hall–Kier alpha value is -3.16. The van der Waals surface area contributed by atoms with E-state index in [-0.39, 0.29) is 16.7 Å². The van der Waals surface area contributed by atoms with E-state index in [1.54, 1.807) is 29.2 Å². The van der Waals surface area contributed by atoms with Gasteiger partial charge in [-0.05, 0) is 61.6 Å². The first-order chi connectivity index (χ1) is 15.8. The Kier molecular flexibility index (Phi) is 6.81. The minimum absolute atomic E-state index is 0.0447. The number of benzene rings is 3. The van der Waals surface area contributed by atoms with Gasteiger partial charge in [-0.2, -0.15) is 0 Å². The number of carbonyl (C=O) groups is 1. The predicted octanol–water partition coefficient (Wildman–Crippen LogP) is 4.38. The van der Waals surface area contributed by atoms with E-state index < -0.39 is 16.1 Å². The molecule has 172 valence electrons. The van der Waals surface area contributed by atoms with Gasteiger partial charge >= 0.3 is 0 Å². The van der Waals surface area contributed by atoms with E-state index in [9.17, 15) is 18.3 Å². The summed E-state index contributed by atoms with van der Waals surface area (Å²) in [6.45, 7) is 2.97. The Morgan fingerprint density at radius 3 is 2.30 bits per heavy atom. The molecule has 3 aromatic carbocycles. The normalized spacial score (nSPS) is 15.8.